The molecule has 7 heteroatoms. The number of nitrogens with zero attached hydrogens (tertiary/aromatic N) is 1. The van der Waals surface area contributed by atoms with Crippen LogP contribution in [0.25, 0.3) is 0 Å². The summed E-state index contributed by atoms with van der Waals surface area (Å²) in [6.45, 7) is 11.4. The van der Waals surface area contributed by atoms with Crippen LogP contribution >= 0.6 is 0 Å². The molecule has 0 fully saturated rings. The SMILES string of the molecule is CCNC(=NCCC(OCC)C(C)C)NCCc1ccc(OC)c(OC)c1OC. The maximum absolute atomic E-state index is 5.80. The average molecular weight is 410 g/mol. The van der Waals surface area contributed by atoms with E-state index in [1.54, 1.807) is 21.3 Å². The van der Waals surface area contributed by atoms with E-state index in [0.29, 0.717) is 23.2 Å². The molecular formula is C22H39N3O4. The molecule has 0 aliphatic carbocycles. The molecule has 166 valence electrons. The van der Waals surface area contributed by atoms with Crippen molar-refractivity contribution in [3.05, 3.63) is 17.7 Å². The molecule has 0 saturated heterocycles. The third kappa shape index (κ3) is 8.01. The number of benzene rings is 1. The number of nitrogens with one attached hydrogen (secondary N) is 2. The number of hydrogen-bond donors (Lipinski definition) is 2. The first-order valence-corrected chi connectivity index (χ1v) is 10.4. The van der Waals surface area contributed by atoms with Crippen molar-refractivity contribution in [2.75, 3.05) is 47.6 Å². The summed E-state index contributed by atoms with van der Waals surface area (Å²) in [5.74, 6) is 3.27. The molecule has 29 heavy (non-hydrogen) atoms. The second-order valence-electron chi connectivity index (χ2n) is 6.96. The minimum absolute atomic E-state index is 0.239. The largest absolute Gasteiger partial charge is 0.493 e. The van der Waals surface area contributed by atoms with Crippen molar-refractivity contribution in [3.8, 4) is 17.2 Å². The molecule has 0 spiro atoms. The second kappa shape index (κ2) is 13.9. The predicted octanol–water partition coefficient (Wildman–Crippen LogP) is 3.26. The Balaban J connectivity index is 2.71. The Morgan fingerprint density at radius 1 is 1.00 bits per heavy atom. The molecule has 0 amide bonds. The Labute approximate surface area is 176 Å². The molecule has 1 unspecified atom stereocenters. The molecule has 0 heterocycles. The van der Waals surface area contributed by atoms with Crippen molar-refractivity contribution >= 4 is 5.96 Å². The topological polar surface area (TPSA) is 73.3 Å². The first-order valence-electron chi connectivity index (χ1n) is 10.4. The quantitative estimate of drug-likeness (QED) is 0.385. The second-order valence-corrected chi connectivity index (χ2v) is 6.96. The van der Waals surface area contributed by atoms with Gasteiger partial charge in [-0.2, -0.15) is 0 Å². The first kappa shape index (κ1) is 24.9. The molecule has 0 aliphatic heterocycles. The van der Waals surface area contributed by atoms with Crippen LogP contribution in [0.2, 0.25) is 0 Å². The minimum Gasteiger partial charge on any atom is -0.493 e. The fourth-order valence-corrected chi connectivity index (χ4v) is 3.14. The van der Waals surface area contributed by atoms with Gasteiger partial charge >= 0.3 is 0 Å². The van der Waals surface area contributed by atoms with E-state index in [2.05, 4.69) is 31.4 Å². The van der Waals surface area contributed by atoms with E-state index in [1.165, 1.54) is 0 Å². The van der Waals surface area contributed by atoms with Gasteiger partial charge in [0.15, 0.2) is 17.5 Å². The zero-order chi connectivity index (χ0) is 21.6. The van der Waals surface area contributed by atoms with Crippen LogP contribution in [0.3, 0.4) is 0 Å². The van der Waals surface area contributed by atoms with Gasteiger partial charge in [0, 0.05) is 31.8 Å². The summed E-state index contributed by atoms with van der Waals surface area (Å²) in [6.07, 6.45) is 1.91. The zero-order valence-electron chi connectivity index (χ0n) is 19.1. The number of hydrogen-bond acceptors (Lipinski definition) is 5. The van der Waals surface area contributed by atoms with Gasteiger partial charge < -0.3 is 29.6 Å². The van der Waals surface area contributed by atoms with Crippen LogP contribution in [0.4, 0.5) is 0 Å². The predicted molar refractivity (Wildman–Crippen MR) is 119 cm³/mol. The third-order valence-corrected chi connectivity index (χ3v) is 4.62. The normalized spacial score (nSPS) is 12.6. The van der Waals surface area contributed by atoms with Gasteiger partial charge in [0.05, 0.1) is 27.4 Å². The number of guanidine groups is 1. The minimum atomic E-state index is 0.239. The molecular weight excluding hydrogens is 370 g/mol. The summed E-state index contributed by atoms with van der Waals surface area (Å²) >= 11 is 0. The fraction of sp³-hybridized carbons (Fsp3) is 0.682. The molecule has 0 aliphatic rings. The molecule has 0 saturated carbocycles. The Morgan fingerprint density at radius 3 is 2.28 bits per heavy atom. The molecule has 7 nitrogen and oxygen atoms in total. The molecule has 1 aromatic rings. The monoisotopic (exact) mass is 409 g/mol. The van der Waals surface area contributed by atoms with Gasteiger partial charge in [0.25, 0.3) is 0 Å². The van der Waals surface area contributed by atoms with Crippen molar-refractivity contribution in [1.82, 2.24) is 10.6 Å². The summed E-state index contributed by atoms with van der Waals surface area (Å²) in [4.78, 5) is 4.69. The van der Waals surface area contributed by atoms with Gasteiger partial charge in [0.2, 0.25) is 5.75 Å². The number of aliphatic imine (C=N–C) groups is 1. The third-order valence-electron chi connectivity index (χ3n) is 4.62. The van der Waals surface area contributed by atoms with E-state index in [4.69, 9.17) is 23.9 Å². The first-order chi connectivity index (χ1) is 14.0. The highest BCUT2D eigenvalue weighted by molar-refractivity contribution is 5.79. The molecule has 2 N–H and O–H groups in total. The maximum Gasteiger partial charge on any atom is 0.203 e. The molecule has 1 aromatic carbocycles. The van der Waals surface area contributed by atoms with E-state index >= 15 is 0 Å². The lowest BCUT2D eigenvalue weighted by Gasteiger charge is -2.20. The van der Waals surface area contributed by atoms with Gasteiger partial charge in [-0.05, 0) is 38.7 Å². The van der Waals surface area contributed by atoms with Crippen LogP contribution in [-0.2, 0) is 11.2 Å². The average Bonchev–Trinajstić information content (AvgIpc) is 2.72. The Bertz CT molecular complexity index is 620. The lowest BCUT2D eigenvalue weighted by atomic mass is 10.0. The van der Waals surface area contributed by atoms with Gasteiger partial charge in [-0.1, -0.05) is 19.9 Å². The van der Waals surface area contributed by atoms with Crippen molar-refractivity contribution in [1.29, 1.82) is 0 Å². The molecule has 1 rings (SSSR count). The Kier molecular flexibility index (Phi) is 12.0. The lowest BCUT2D eigenvalue weighted by molar-refractivity contribution is 0.0266. The molecule has 1 atom stereocenters. The van der Waals surface area contributed by atoms with Crippen molar-refractivity contribution in [2.45, 2.75) is 46.6 Å². The number of ether oxygens (including phenoxy) is 4. The van der Waals surface area contributed by atoms with E-state index in [9.17, 15) is 0 Å². The summed E-state index contributed by atoms with van der Waals surface area (Å²) in [7, 11) is 4.88. The number of methoxy groups -OCH3 is 3. The standard InChI is InChI=1S/C22H39N3O4/c1-8-23-22(25-15-13-18(16(3)4)29-9-2)24-14-12-17-10-11-19(26-5)21(28-7)20(17)27-6/h10-11,16,18H,8-9,12-15H2,1-7H3,(H2,23,24,25). The van der Waals surface area contributed by atoms with Crippen LogP contribution in [0.1, 0.15) is 39.7 Å². The highest BCUT2D eigenvalue weighted by Crippen LogP contribution is 2.39. The Hall–Kier alpha value is -2.15. The van der Waals surface area contributed by atoms with E-state index in [1.807, 2.05) is 19.1 Å². The van der Waals surface area contributed by atoms with Crippen molar-refractivity contribution < 1.29 is 18.9 Å². The smallest absolute Gasteiger partial charge is 0.203 e. The summed E-state index contributed by atoms with van der Waals surface area (Å²) < 4.78 is 22.2. The maximum atomic E-state index is 5.80. The highest BCUT2D eigenvalue weighted by atomic mass is 16.5. The van der Waals surface area contributed by atoms with Crippen LogP contribution in [0, 0.1) is 5.92 Å². The lowest BCUT2D eigenvalue weighted by Crippen LogP contribution is -2.38. The molecule has 0 bridgehead atoms. The van der Waals surface area contributed by atoms with Crippen molar-refractivity contribution in [2.24, 2.45) is 10.9 Å². The van der Waals surface area contributed by atoms with Crippen LogP contribution in [0.5, 0.6) is 17.2 Å². The van der Waals surface area contributed by atoms with Gasteiger partial charge in [0.1, 0.15) is 0 Å². The summed E-state index contributed by atoms with van der Waals surface area (Å²) in [5.41, 5.74) is 1.05. The van der Waals surface area contributed by atoms with Crippen LogP contribution in [0.15, 0.2) is 17.1 Å². The highest BCUT2D eigenvalue weighted by Gasteiger charge is 2.16. The zero-order valence-corrected chi connectivity index (χ0v) is 19.1. The van der Waals surface area contributed by atoms with Gasteiger partial charge in [-0.15, -0.1) is 0 Å². The Morgan fingerprint density at radius 2 is 1.72 bits per heavy atom. The summed E-state index contributed by atoms with van der Waals surface area (Å²) in [6, 6.07) is 3.90. The fourth-order valence-electron chi connectivity index (χ4n) is 3.14. The van der Waals surface area contributed by atoms with Crippen molar-refractivity contribution in [3.63, 3.8) is 0 Å². The molecule has 0 radical (unpaired) electrons. The van der Waals surface area contributed by atoms with E-state index < -0.39 is 0 Å². The van der Waals surface area contributed by atoms with Crippen LogP contribution in [-0.4, -0.2) is 59.6 Å². The van der Waals surface area contributed by atoms with Gasteiger partial charge in [-0.3, -0.25) is 4.99 Å². The number of rotatable bonds is 13. The van der Waals surface area contributed by atoms with Crippen LogP contribution < -0.4 is 24.8 Å². The molecule has 0 aromatic heterocycles. The summed E-state index contributed by atoms with van der Waals surface area (Å²) in [5, 5.41) is 6.69. The van der Waals surface area contributed by atoms with Gasteiger partial charge in [-0.25, -0.2) is 0 Å². The van der Waals surface area contributed by atoms with E-state index in [-0.39, 0.29) is 6.10 Å². The van der Waals surface area contributed by atoms with E-state index in [0.717, 1.165) is 50.6 Å².